The standard InChI is InChI=1S/C12H17N3OS/c1-10(17(2)16)7-13-8-11-9-15-6-4-3-5-12(15)14-11/h3-6,9-10,13H,7-8H2,1-2H3. The fourth-order valence-electron chi connectivity index (χ4n) is 1.59. The van der Waals surface area contributed by atoms with E-state index >= 15 is 0 Å². The predicted octanol–water partition coefficient (Wildman–Crippen LogP) is 1.19. The van der Waals surface area contributed by atoms with Crippen molar-refractivity contribution in [1.82, 2.24) is 14.7 Å². The van der Waals surface area contributed by atoms with Gasteiger partial charge in [0.05, 0.1) is 5.69 Å². The second-order valence-electron chi connectivity index (χ2n) is 4.14. The Kier molecular flexibility index (Phi) is 3.91. The fourth-order valence-corrected chi connectivity index (χ4v) is 1.95. The SMILES string of the molecule is CC(CNCc1cn2ccccc2n1)S(C)=O. The first-order valence-electron chi connectivity index (χ1n) is 5.62. The van der Waals surface area contributed by atoms with Crippen LogP contribution in [0.3, 0.4) is 0 Å². The van der Waals surface area contributed by atoms with Crippen LogP contribution in [0.2, 0.25) is 0 Å². The zero-order valence-corrected chi connectivity index (χ0v) is 10.9. The van der Waals surface area contributed by atoms with E-state index in [-0.39, 0.29) is 5.25 Å². The van der Waals surface area contributed by atoms with E-state index in [1.54, 1.807) is 6.26 Å². The van der Waals surface area contributed by atoms with Gasteiger partial charge in [0, 0.05) is 47.8 Å². The van der Waals surface area contributed by atoms with Crippen molar-refractivity contribution < 1.29 is 4.21 Å². The smallest absolute Gasteiger partial charge is 0.137 e. The number of hydrogen-bond acceptors (Lipinski definition) is 3. The lowest BCUT2D eigenvalue weighted by Gasteiger charge is -2.08. The van der Waals surface area contributed by atoms with Gasteiger partial charge in [-0.2, -0.15) is 0 Å². The van der Waals surface area contributed by atoms with Crippen LogP contribution in [0.5, 0.6) is 0 Å². The predicted molar refractivity (Wildman–Crippen MR) is 70.4 cm³/mol. The Balaban J connectivity index is 1.93. The van der Waals surface area contributed by atoms with Gasteiger partial charge in [0.25, 0.3) is 0 Å². The van der Waals surface area contributed by atoms with Crippen LogP contribution in [0, 0.1) is 0 Å². The van der Waals surface area contributed by atoms with Crippen LogP contribution >= 0.6 is 0 Å². The van der Waals surface area contributed by atoms with E-state index in [0.717, 1.165) is 17.9 Å². The summed E-state index contributed by atoms with van der Waals surface area (Å²) >= 11 is 0. The monoisotopic (exact) mass is 251 g/mol. The van der Waals surface area contributed by atoms with Gasteiger partial charge in [-0.05, 0) is 19.1 Å². The van der Waals surface area contributed by atoms with Crippen LogP contribution in [0.1, 0.15) is 12.6 Å². The van der Waals surface area contributed by atoms with Crippen LogP contribution in [0.15, 0.2) is 30.6 Å². The number of hydrogen-bond donors (Lipinski definition) is 1. The molecule has 1 N–H and O–H groups in total. The molecule has 17 heavy (non-hydrogen) atoms. The maximum atomic E-state index is 11.2. The van der Waals surface area contributed by atoms with Crippen LogP contribution in [0.4, 0.5) is 0 Å². The minimum absolute atomic E-state index is 0.173. The average Bonchev–Trinajstić information content (AvgIpc) is 2.71. The summed E-state index contributed by atoms with van der Waals surface area (Å²) in [4.78, 5) is 4.48. The molecule has 0 bridgehead atoms. The largest absolute Gasteiger partial charge is 0.310 e. The fraction of sp³-hybridized carbons (Fsp3) is 0.417. The number of fused-ring (bicyclic) bond motifs is 1. The summed E-state index contributed by atoms with van der Waals surface area (Å²) in [5.41, 5.74) is 1.96. The van der Waals surface area contributed by atoms with Gasteiger partial charge in [0.15, 0.2) is 0 Å². The van der Waals surface area contributed by atoms with Crippen LogP contribution < -0.4 is 5.32 Å². The molecule has 0 aliphatic rings. The molecule has 0 saturated carbocycles. The van der Waals surface area contributed by atoms with E-state index in [2.05, 4.69) is 10.3 Å². The summed E-state index contributed by atoms with van der Waals surface area (Å²) in [6.07, 6.45) is 5.72. The number of nitrogens with zero attached hydrogens (tertiary/aromatic N) is 2. The molecule has 2 aromatic heterocycles. The minimum atomic E-state index is -0.771. The number of rotatable bonds is 5. The van der Waals surface area contributed by atoms with Gasteiger partial charge in [-0.15, -0.1) is 0 Å². The summed E-state index contributed by atoms with van der Waals surface area (Å²) < 4.78 is 13.2. The third-order valence-electron chi connectivity index (χ3n) is 2.72. The second kappa shape index (κ2) is 5.42. The van der Waals surface area contributed by atoms with Crippen LogP contribution in [-0.4, -0.2) is 31.6 Å². The lowest BCUT2D eigenvalue weighted by molar-refractivity contribution is 0.643. The lowest BCUT2D eigenvalue weighted by Crippen LogP contribution is -2.27. The van der Waals surface area contributed by atoms with Crippen molar-refractivity contribution in [2.24, 2.45) is 0 Å². The first-order chi connectivity index (χ1) is 8.16. The summed E-state index contributed by atoms with van der Waals surface area (Å²) in [6.45, 7) is 3.44. The van der Waals surface area contributed by atoms with Crippen LogP contribution in [0.25, 0.3) is 5.65 Å². The molecule has 0 radical (unpaired) electrons. The molecule has 0 spiro atoms. The average molecular weight is 251 g/mol. The molecule has 0 amide bonds. The van der Waals surface area contributed by atoms with Crippen molar-refractivity contribution in [2.75, 3.05) is 12.8 Å². The molecule has 0 aromatic carbocycles. The molecule has 2 rings (SSSR count). The van der Waals surface area contributed by atoms with Crippen molar-refractivity contribution in [1.29, 1.82) is 0 Å². The molecule has 0 aliphatic carbocycles. The summed E-state index contributed by atoms with van der Waals surface area (Å²) in [5.74, 6) is 0. The molecule has 4 nitrogen and oxygen atoms in total. The summed E-state index contributed by atoms with van der Waals surface area (Å²) in [5, 5.41) is 3.45. The summed E-state index contributed by atoms with van der Waals surface area (Å²) in [7, 11) is -0.771. The first-order valence-corrected chi connectivity index (χ1v) is 7.24. The van der Waals surface area contributed by atoms with Gasteiger partial charge in [0.1, 0.15) is 5.65 Å². The van der Waals surface area contributed by atoms with Gasteiger partial charge < -0.3 is 9.72 Å². The number of aromatic nitrogens is 2. The van der Waals surface area contributed by atoms with Crippen molar-refractivity contribution in [3.63, 3.8) is 0 Å². The Morgan fingerprint density at radius 2 is 2.35 bits per heavy atom. The van der Waals surface area contributed by atoms with Gasteiger partial charge in [-0.25, -0.2) is 4.98 Å². The first kappa shape index (κ1) is 12.3. The van der Waals surface area contributed by atoms with Crippen molar-refractivity contribution in [2.45, 2.75) is 18.7 Å². The third kappa shape index (κ3) is 3.14. The molecule has 92 valence electrons. The van der Waals surface area contributed by atoms with Gasteiger partial charge in [-0.3, -0.25) is 4.21 Å². The molecule has 0 fully saturated rings. The van der Waals surface area contributed by atoms with Crippen molar-refractivity contribution in [3.05, 3.63) is 36.3 Å². The Bertz CT molecular complexity index is 490. The maximum Gasteiger partial charge on any atom is 0.137 e. The minimum Gasteiger partial charge on any atom is -0.310 e. The van der Waals surface area contributed by atoms with E-state index in [1.165, 1.54) is 0 Å². The highest BCUT2D eigenvalue weighted by molar-refractivity contribution is 7.84. The molecule has 2 unspecified atom stereocenters. The van der Waals surface area contributed by atoms with Gasteiger partial charge in [-0.1, -0.05) is 6.07 Å². The highest BCUT2D eigenvalue weighted by Gasteiger charge is 2.06. The topological polar surface area (TPSA) is 46.4 Å². The van der Waals surface area contributed by atoms with Gasteiger partial charge in [0.2, 0.25) is 0 Å². The Morgan fingerprint density at radius 1 is 1.53 bits per heavy atom. The molecule has 0 saturated heterocycles. The molecule has 2 atom stereocenters. The zero-order valence-electron chi connectivity index (χ0n) is 10.1. The van der Waals surface area contributed by atoms with Crippen molar-refractivity contribution >= 4 is 16.4 Å². The Morgan fingerprint density at radius 3 is 3.06 bits per heavy atom. The molecule has 2 heterocycles. The highest BCUT2D eigenvalue weighted by atomic mass is 32.2. The molecule has 5 heteroatoms. The number of nitrogens with one attached hydrogen (secondary N) is 1. The number of imidazole rings is 1. The quantitative estimate of drug-likeness (QED) is 0.868. The number of pyridine rings is 1. The molecule has 0 aliphatic heterocycles. The lowest BCUT2D eigenvalue weighted by atomic mass is 10.4. The van der Waals surface area contributed by atoms with E-state index < -0.39 is 10.8 Å². The van der Waals surface area contributed by atoms with E-state index in [4.69, 9.17) is 0 Å². The van der Waals surface area contributed by atoms with E-state index in [0.29, 0.717) is 6.54 Å². The van der Waals surface area contributed by atoms with E-state index in [1.807, 2.05) is 41.9 Å². The third-order valence-corrected chi connectivity index (χ3v) is 4.02. The van der Waals surface area contributed by atoms with Gasteiger partial charge >= 0.3 is 0 Å². The molecule has 2 aromatic rings. The zero-order chi connectivity index (χ0) is 12.3. The molecular weight excluding hydrogens is 234 g/mol. The Hall–Kier alpha value is -1.20. The molecular formula is C12H17N3OS. The van der Waals surface area contributed by atoms with Crippen molar-refractivity contribution in [3.8, 4) is 0 Å². The maximum absolute atomic E-state index is 11.2. The van der Waals surface area contributed by atoms with E-state index in [9.17, 15) is 4.21 Å². The highest BCUT2D eigenvalue weighted by Crippen LogP contribution is 2.04. The second-order valence-corrected chi connectivity index (χ2v) is 5.94. The van der Waals surface area contributed by atoms with Crippen LogP contribution in [-0.2, 0) is 17.3 Å². The summed E-state index contributed by atoms with van der Waals surface area (Å²) in [6, 6.07) is 5.93. The Labute approximate surface area is 104 Å². The normalized spacial score (nSPS) is 14.9.